The molecule has 0 aliphatic rings. The summed E-state index contributed by atoms with van der Waals surface area (Å²) in [5.74, 6) is 0. The van der Waals surface area contributed by atoms with E-state index in [1.807, 2.05) is 0 Å². The SMILES string of the molecule is c1ccc(-c2cc3cc4c5ccc6c7ccc8c9c(ccc(c%10ccc(c5c6%10)c4c4c5ccccc5c(c2)c34)c79)c2cc3cccc4c5ccccc5c(c34)c28)cc1. The van der Waals surface area contributed by atoms with Crippen molar-refractivity contribution in [1.82, 2.24) is 0 Å². The lowest BCUT2D eigenvalue weighted by Gasteiger charge is -2.15. The highest BCUT2D eigenvalue weighted by Crippen LogP contribution is 2.55. The van der Waals surface area contributed by atoms with Gasteiger partial charge < -0.3 is 0 Å². The van der Waals surface area contributed by atoms with E-state index in [9.17, 15) is 0 Å². The quantitative estimate of drug-likeness (QED) is 0.117. The molecule has 0 unspecified atom stereocenters. The van der Waals surface area contributed by atoms with Crippen molar-refractivity contribution < 1.29 is 0 Å². The van der Waals surface area contributed by atoms with Crippen LogP contribution >= 0.6 is 0 Å². The third kappa shape index (κ3) is 3.07. The normalized spacial score (nSPS) is 13.2. The third-order valence-corrected chi connectivity index (χ3v) is 14.5. The van der Waals surface area contributed by atoms with Crippen LogP contribution in [0.4, 0.5) is 0 Å². The Labute approximate surface area is 330 Å². The predicted octanol–water partition coefficient (Wildman–Crippen LogP) is 16.7. The second-order valence-corrected chi connectivity index (χ2v) is 17.0. The minimum Gasteiger partial charge on any atom is -0.0622 e. The lowest BCUT2D eigenvalue weighted by Crippen LogP contribution is -1.87. The van der Waals surface area contributed by atoms with Crippen molar-refractivity contribution >= 4 is 151 Å². The average Bonchev–Trinajstić information content (AvgIpc) is 4.00. The van der Waals surface area contributed by atoms with Crippen LogP contribution in [-0.4, -0.2) is 0 Å². The predicted molar refractivity (Wildman–Crippen MR) is 253 cm³/mol. The van der Waals surface area contributed by atoms with E-state index in [-0.39, 0.29) is 0 Å². The highest BCUT2D eigenvalue weighted by Gasteiger charge is 2.26. The first-order valence-electron chi connectivity index (χ1n) is 20.5. The van der Waals surface area contributed by atoms with Gasteiger partial charge in [0.1, 0.15) is 0 Å². The molecule has 0 aromatic heterocycles. The summed E-state index contributed by atoms with van der Waals surface area (Å²) in [7, 11) is 0. The Morgan fingerprint density at radius 1 is 0.155 bits per heavy atom. The lowest BCUT2D eigenvalue weighted by atomic mass is 9.88. The molecule has 0 radical (unpaired) electrons. The summed E-state index contributed by atoms with van der Waals surface area (Å²) in [5, 5.41) is 38.3. The monoisotopic (exact) mass is 724 g/mol. The number of rotatable bonds is 1. The van der Waals surface area contributed by atoms with Gasteiger partial charge in [0.25, 0.3) is 0 Å². The van der Waals surface area contributed by atoms with E-state index in [1.165, 1.54) is 162 Å². The fourth-order valence-electron chi connectivity index (χ4n) is 12.4. The molecule has 0 atom stereocenters. The van der Waals surface area contributed by atoms with Crippen molar-refractivity contribution in [2.45, 2.75) is 0 Å². The first kappa shape index (κ1) is 28.8. The van der Waals surface area contributed by atoms with Crippen LogP contribution in [0.1, 0.15) is 0 Å². The van der Waals surface area contributed by atoms with Gasteiger partial charge in [-0.3, -0.25) is 0 Å². The Balaban J connectivity index is 1.08. The van der Waals surface area contributed by atoms with E-state index < -0.39 is 0 Å². The molecular weight excluding hydrogens is 697 g/mol. The van der Waals surface area contributed by atoms with Gasteiger partial charge in [0.2, 0.25) is 0 Å². The van der Waals surface area contributed by atoms with E-state index in [0.29, 0.717) is 0 Å². The minimum absolute atomic E-state index is 1.26. The zero-order valence-electron chi connectivity index (χ0n) is 31.2. The standard InChI is InChI=1S/C58H28/c1-2-9-29(10-3-1)31-25-32-28-48-43-20-18-39-40-21-23-44-53-42(47-26-30-11-8-16-35-33-12-4-6-14-36(33)57(49(30)35)55(44)47)19-17-38(51(40)53)41-22-24-45(54(43)52(39)41)56(48)58-37-15-7-5-13-34(37)46(27-31)50(32)58/h1-28H. The van der Waals surface area contributed by atoms with Gasteiger partial charge in [-0.25, -0.2) is 0 Å². The Hall–Kier alpha value is -7.54. The van der Waals surface area contributed by atoms with Gasteiger partial charge in [-0.1, -0.05) is 146 Å². The Kier molecular flexibility index (Phi) is 4.73. The number of hydrogen-bond donors (Lipinski definition) is 0. The zero-order valence-corrected chi connectivity index (χ0v) is 31.2. The van der Waals surface area contributed by atoms with Crippen LogP contribution in [0.5, 0.6) is 0 Å². The maximum Gasteiger partial charge on any atom is -0.000784 e. The molecule has 0 aliphatic carbocycles. The topological polar surface area (TPSA) is 0 Å². The smallest absolute Gasteiger partial charge is 0.000784 e. The number of fused-ring (bicyclic) bond motifs is 16. The summed E-state index contributed by atoms with van der Waals surface area (Å²) in [6, 6.07) is 65.1. The molecule has 0 nitrogen and oxygen atoms in total. The van der Waals surface area contributed by atoms with Gasteiger partial charge in [0.05, 0.1) is 0 Å². The maximum absolute atomic E-state index is 2.50. The largest absolute Gasteiger partial charge is 0.0622 e. The summed E-state index contributed by atoms with van der Waals surface area (Å²) in [6.45, 7) is 0. The molecule has 0 bridgehead atoms. The molecule has 0 heterocycles. The van der Waals surface area contributed by atoms with Crippen molar-refractivity contribution in [2.24, 2.45) is 0 Å². The van der Waals surface area contributed by atoms with Gasteiger partial charge in [-0.05, 0) is 186 Å². The second-order valence-electron chi connectivity index (χ2n) is 17.0. The Morgan fingerprint density at radius 3 is 1.10 bits per heavy atom. The van der Waals surface area contributed by atoms with Crippen LogP contribution in [0.25, 0.3) is 162 Å². The van der Waals surface area contributed by atoms with Crippen LogP contribution in [0.3, 0.4) is 0 Å². The molecule has 16 aromatic rings. The van der Waals surface area contributed by atoms with Gasteiger partial charge in [-0.2, -0.15) is 0 Å². The van der Waals surface area contributed by atoms with E-state index in [2.05, 4.69) is 170 Å². The summed E-state index contributed by atoms with van der Waals surface area (Å²) in [6.07, 6.45) is 0. The number of hydrogen-bond acceptors (Lipinski definition) is 0. The summed E-state index contributed by atoms with van der Waals surface area (Å²) in [4.78, 5) is 0. The molecule has 0 fully saturated rings. The fraction of sp³-hybridized carbons (Fsp3) is 0. The summed E-state index contributed by atoms with van der Waals surface area (Å²) >= 11 is 0. The van der Waals surface area contributed by atoms with Gasteiger partial charge in [-0.15, -0.1) is 0 Å². The lowest BCUT2D eigenvalue weighted by molar-refractivity contribution is 1.66. The zero-order chi connectivity index (χ0) is 37.1. The summed E-state index contributed by atoms with van der Waals surface area (Å²) < 4.78 is 0. The van der Waals surface area contributed by atoms with E-state index in [1.54, 1.807) is 0 Å². The van der Waals surface area contributed by atoms with Gasteiger partial charge in [0, 0.05) is 0 Å². The molecule has 0 N–H and O–H groups in total. The fourth-order valence-corrected chi connectivity index (χ4v) is 12.4. The van der Waals surface area contributed by atoms with Crippen molar-refractivity contribution in [1.29, 1.82) is 0 Å². The summed E-state index contributed by atoms with van der Waals surface area (Å²) in [5.41, 5.74) is 2.53. The maximum atomic E-state index is 2.50. The molecule has 0 saturated heterocycles. The van der Waals surface area contributed by atoms with Gasteiger partial charge >= 0.3 is 0 Å². The molecule has 58 heavy (non-hydrogen) atoms. The Bertz CT molecular complexity index is 4430. The van der Waals surface area contributed by atoms with Crippen molar-refractivity contribution in [3.8, 4) is 11.1 Å². The Morgan fingerprint density at radius 2 is 0.517 bits per heavy atom. The highest BCUT2D eigenvalue weighted by molar-refractivity contribution is 6.51. The van der Waals surface area contributed by atoms with Crippen LogP contribution in [0.15, 0.2) is 170 Å². The highest BCUT2D eigenvalue weighted by atomic mass is 14.3. The molecule has 260 valence electrons. The van der Waals surface area contributed by atoms with Crippen LogP contribution < -0.4 is 0 Å². The molecule has 16 aromatic carbocycles. The molecular formula is C58H28. The molecule has 0 aliphatic heterocycles. The van der Waals surface area contributed by atoms with E-state index >= 15 is 0 Å². The second kappa shape index (κ2) is 9.52. The molecule has 0 spiro atoms. The molecule has 0 amide bonds. The third-order valence-electron chi connectivity index (χ3n) is 14.5. The van der Waals surface area contributed by atoms with Crippen molar-refractivity contribution in [2.75, 3.05) is 0 Å². The molecule has 16 rings (SSSR count). The number of benzene rings is 12. The van der Waals surface area contributed by atoms with Crippen LogP contribution in [0.2, 0.25) is 0 Å². The van der Waals surface area contributed by atoms with Crippen molar-refractivity contribution in [3.05, 3.63) is 170 Å². The van der Waals surface area contributed by atoms with E-state index in [0.717, 1.165) is 0 Å². The minimum atomic E-state index is 1.26. The molecule has 0 heteroatoms. The molecule has 0 saturated carbocycles. The van der Waals surface area contributed by atoms with Gasteiger partial charge in [0.15, 0.2) is 0 Å². The van der Waals surface area contributed by atoms with Crippen molar-refractivity contribution in [3.63, 3.8) is 0 Å². The van der Waals surface area contributed by atoms with E-state index in [4.69, 9.17) is 0 Å². The first-order chi connectivity index (χ1) is 28.8. The van der Waals surface area contributed by atoms with Crippen LogP contribution in [-0.2, 0) is 0 Å². The first-order valence-corrected chi connectivity index (χ1v) is 20.5. The van der Waals surface area contributed by atoms with Crippen LogP contribution in [0, 0.1) is 0 Å². The average molecular weight is 725 g/mol.